The minimum Gasteiger partial charge on any atom is -0.424 e. The third kappa shape index (κ3) is 4.11. The van der Waals surface area contributed by atoms with Gasteiger partial charge in [-0.25, -0.2) is 4.39 Å². The number of nitrogens with one attached hydrogen (secondary N) is 1. The molecule has 1 N–H and O–H groups in total. The van der Waals surface area contributed by atoms with Crippen LogP contribution in [0.15, 0.2) is 47.1 Å². The molecule has 3 heterocycles. The summed E-state index contributed by atoms with van der Waals surface area (Å²) < 4.78 is 20.7. The van der Waals surface area contributed by atoms with Gasteiger partial charge in [-0.2, -0.15) is 15.2 Å². The maximum Gasteiger partial charge on any atom is 0.295 e. The summed E-state index contributed by atoms with van der Waals surface area (Å²) in [6.07, 6.45) is 4.77. The molecule has 2 aromatic heterocycles. The van der Waals surface area contributed by atoms with Crippen LogP contribution in [0, 0.1) is 18.7 Å². The van der Waals surface area contributed by atoms with Crippen molar-refractivity contribution >= 4 is 34.6 Å². The zero-order chi connectivity index (χ0) is 23.8. The fraction of sp³-hybridized carbons (Fsp3) is 0.333. The van der Waals surface area contributed by atoms with Crippen LogP contribution >= 0.6 is 11.6 Å². The normalized spacial score (nSPS) is 18.4. The number of rotatable bonds is 5. The second kappa shape index (κ2) is 9.06. The van der Waals surface area contributed by atoms with E-state index in [-0.39, 0.29) is 29.1 Å². The van der Waals surface area contributed by atoms with Crippen molar-refractivity contribution in [3.05, 3.63) is 64.7 Å². The summed E-state index contributed by atoms with van der Waals surface area (Å²) in [5, 5.41) is 11.9. The molecule has 0 aliphatic carbocycles. The number of halogens is 2. The molecule has 176 valence electrons. The lowest BCUT2D eigenvalue weighted by Crippen LogP contribution is -2.51. The van der Waals surface area contributed by atoms with Crippen molar-refractivity contribution in [3.8, 4) is 5.69 Å². The second-order valence-electron chi connectivity index (χ2n) is 8.60. The summed E-state index contributed by atoms with van der Waals surface area (Å²) in [6, 6.07) is 8.44. The number of likely N-dealkylation sites (tertiary alicyclic amines) is 1. The number of oxazole rings is 1. The Labute approximate surface area is 200 Å². The molecule has 2 aromatic carbocycles. The summed E-state index contributed by atoms with van der Waals surface area (Å²) in [6.45, 7) is 4.92. The first-order chi connectivity index (χ1) is 16.4. The van der Waals surface area contributed by atoms with E-state index in [1.54, 1.807) is 31.2 Å². The van der Waals surface area contributed by atoms with E-state index in [0.29, 0.717) is 40.8 Å². The lowest BCUT2D eigenvalue weighted by Gasteiger charge is -2.40. The van der Waals surface area contributed by atoms with Crippen LogP contribution in [-0.4, -0.2) is 49.9 Å². The highest BCUT2D eigenvalue weighted by atomic mass is 35.5. The lowest BCUT2D eigenvalue weighted by atomic mass is 9.89. The molecule has 1 aliphatic rings. The first kappa shape index (κ1) is 22.3. The van der Waals surface area contributed by atoms with E-state index in [2.05, 4.69) is 27.4 Å². The molecule has 4 aromatic rings. The zero-order valence-corrected chi connectivity index (χ0v) is 19.6. The van der Waals surface area contributed by atoms with Crippen molar-refractivity contribution in [1.29, 1.82) is 0 Å². The molecular formula is C24H24ClFN6O2. The van der Waals surface area contributed by atoms with Crippen LogP contribution in [0.2, 0.25) is 5.02 Å². The van der Waals surface area contributed by atoms with E-state index in [1.807, 2.05) is 4.90 Å². The molecular weight excluding hydrogens is 459 g/mol. The zero-order valence-electron chi connectivity index (χ0n) is 18.8. The molecule has 5 rings (SSSR count). The molecule has 0 saturated carbocycles. The van der Waals surface area contributed by atoms with Gasteiger partial charge >= 0.3 is 0 Å². The molecule has 1 saturated heterocycles. The Kier molecular flexibility index (Phi) is 5.95. The molecule has 0 bridgehead atoms. The number of carbonyl (C=O) groups excluding carboxylic acids is 1. The molecule has 1 fully saturated rings. The number of fused-ring (bicyclic) bond motifs is 1. The van der Waals surface area contributed by atoms with E-state index in [1.165, 1.54) is 23.3 Å². The van der Waals surface area contributed by atoms with Crippen molar-refractivity contribution in [3.63, 3.8) is 0 Å². The smallest absolute Gasteiger partial charge is 0.295 e. The maximum atomic E-state index is 14.9. The number of hydrogen-bond acceptors (Lipinski definition) is 6. The number of amides is 1. The van der Waals surface area contributed by atoms with Crippen LogP contribution in [0.5, 0.6) is 0 Å². The van der Waals surface area contributed by atoms with E-state index in [0.717, 1.165) is 12.8 Å². The van der Waals surface area contributed by atoms with Gasteiger partial charge in [0.2, 0.25) is 0 Å². The van der Waals surface area contributed by atoms with E-state index in [4.69, 9.17) is 16.0 Å². The molecule has 8 nitrogen and oxygen atoms in total. The van der Waals surface area contributed by atoms with Crippen LogP contribution < -0.4 is 5.32 Å². The van der Waals surface area contributed by atoms with Gasteiger partial charge in [0.05, 0.1) is 24.0 Å². The fourth-order valence-electron chi connectivity index (χ4n) is 4.59. The number of nitrogens with zero attached hydrogens (tertiary/aromatic N) is 5. The van der Waals surface area contributed by atoms with Crippen LogP contribution in [0.1, 0.15) is 35.7 Å². The van der Waals surface area contributed by atoms with Crippen molar-refractivity contribution in [2.24, 2.45) is 5.92 Å². The summed E-state index contributed by atoms with van der Waals surface area (Å²) in [5.41, 5.74) is 2.29. The number of benzene rings is 2. The Morgan fingerprint density at radius 3 is 2.85 bits per heavy atom. The summed E-state index contributed by atoms with van der Waals surface area (Å²) in [5.74, 6) is -0.564. The maximum absolute atomic E-state index is 14.9. The largest absolute Gasteiger partial charge is 0.424 e. The van der Waals surface area contributed by atoms with Gasteiger partial charge in [0, 0.05) is 24.2 Å². The second-order valence-corrected chi connectivity index (χ2v) is 9.04. The van der Waals surface area contributed by atoms with E-state index < -0.39 is 5.82 Å². The predicted octanol–water partition coefficient (Wildman–Crippen LogP) is 4.86. The average molecular weight is 483 g/mol. The molecule has 0 spiro atoms. The number of aromatic nitrogens is 4. The van der Waals surface area contributed by atoms with Crippen molar-refractivity contribution in [1.82, 2.24) is 24.9 Å². The lowest BCUT2D eigenvalue weighted by molar-refractivity contribution is 0.0537. The van der Waals surface area contributed by atoms with Gasteiger partial charge in [-0.3, -0.25) is 4.79 Å². The molecule has 1 aliphatic heterocycles. The highest BCUT2D eigenvalue weighted by Gasteiger charge is 2.35. The van der Waals surface area contributed by atoms with Gasteiger partial charge in [-0.15, -0.1) is 4.80 Å². The first-order valence-electron chi connectivity index (χ1n) is 11.2. The SMILES string of the molecule is Cc1ccc(F)c(-n2nccn2)c1C(=O)N1CCC[C@@H](C)[C@H]1CNc1nc2ccc(Cl)cc2o1. The number of anilines is 1. The van der Waals surface area contributed by atoms with E-state index >= 15 is 0 Å². The van der Waals surface area contributed by atoms with E-state index in [9.17, 15) is 9.18 Å². The van der Waals surface area contributed by atoms with Gasteiger partial charge in [0.25, 0.3) is 11.9 Å². The molecule has 10 heteroatoms. The Hall–Kier alpha value is -3.46. The molecule has 1 amide bonds. The number of piperidine rings is 1. The van der Waals surface area contributed by atoms with Crippen LogP contribution in [0.4, 0.5) is 10.4 Å². The van der Waals surface area contributed by atoms with Gasteiger partial charge in [-0.05, 0) is 49.4 Å². The summed E-state index contributed by atoms with van der Waals surface area (Å²) >= 11 is 6.04. The molecule has 34 heavy (non-hydrogen) atoms. The molecule has 0 unspecified atom stereocenters. The van der Waals surface area contributed by atoms with Gasteiger partial charge in [0.1, 0.15) is 11.2 Å². The van der Waals surface area contributed by atoms with Gasteiger partial charge in [-0.1, -0.05) is 24.6 Å². The van der Waals surface area contributed by atoms with Crippen molar-refractivity contribution < 1.29 is 13.6 Å². The average Bonchev–Trinajstić information content (AvgIpc) is 3.48. The topological polar surface area (TPSA) is 89.1 Å². The third-order valence-electron chi connectivity index (χ3n) is 6.36. The van der Waals surface area contributed by atoms with Crippen LogP contribution in [0.3, 0.4) is 0 Å². The monoisotopic (exact) mass is 482 g/mol. The Balaban J connectivity index is 1.44. The highest BCUT2D eigenvalue weighted by Crippen LogP contribution is 2.30. The van der Waals surface area contributed by atoms with Crippen molar-refractivity contribution in [2.45, 2.75) is 32.7 Å². The number of carbonyl (C=O) groups is 1. The fourth-order valence-corrected chi connectivity index (χ4v) is 4.75. The number of aryl methyl sites for hydroxylation is 1. The minimum atomic E-state index is -0.546. The number of hydrogen-bond donors (Lipinski definition) is 1. The quantitative estimate of drug-likeness (QED) is 0.437. The highest BCUT2D eigenvalue weighted by molar-refractivity contribution is 6.31. The summed E-state index contributed by atoms with van der Waals surface area (Å²) in [4.78, 5) is 21.3. The van der Waals surface area contributed by atoms with Gasteiger partial charge in [0.15, 0.2) is 11.4 Å². The molecule has 2 atom stereocenters. The van der Waals surface area contributed by atoms with Crippen molar-refractivity contribution in [2.75, 3.05) is 18.4 Å². The molecule has 0 radical (unpaired) electrons. The van der Waals surface area contributed by atoms with Gasteiger partial charge < -0.3 is 14.6 Å². The van der Waals surface area contributed by atoms with Crippen LogP contribution in [-0.2, 0) is 0 Å². The Morgan fingerprint density at radius 1 is 1.26 bits per heavy atom. The summed E-state index contributed by atoms with van der Waals surface area (Å²) in [7, 11) is 0. The Morgan fingerprint density at radius 2 is 2.06 bits per heavy atom. The third-order valence-corrected chi connectivity index (χ3v) is 6.59. The minimum absolute atomic E-state index is 0.0655. The predicted molar refractivity (Wildman–Crippen MR) is 127 cm³/mol. The Bertz CT molecular complexity index is 1340. The van der Waals surface area contributed by atoms with Crippen LogP contribution in [0.25, 0.3) is 16.8 Å². The first-order valence-corrected chi connectivity index (χ1v) is 11.6. The standard InChI is InChI=1S/C24H24ClFN6O2/c1-14-4-3-11-31(19(14)13-27-24-30-18-8-6-16(25)12-20(18)34-24)23(33)21-15(2)5-7-17(26)22(21)32-28-9-10-29-32/h5-10,12,14,19H,3-4,11,13H2,1-2H3,(H,27,30)/t14-,19-/m1/s1.